The highest BCUT2D eigenvalue weighted by atomic mass is 16.3. The van der Waals surface area contributed by atoms with Crippen molar-refractivity contribution >= 4 is 6.03 Å². The lowest BCUT2D eigenvalue weighted by Gasteiger charge is -2.20. The number of amides is 2. The molecule has 2 atom stereocenters. The van der Waals surface area contributed by atoms with Crippen LogP contribution in [-0.2, 0) is 13.0 Å². The van der Waals surface area contributed by atoms with Crippen molar-refractivity contribution in [3.63, 3.8) is 0 Å². The summed E-state index contributed by atoms with van der Waals surface area (Å²) in [4.78, 5) is 11.7. The Bertz CT molecular complexity index is 403. The number of aliphatic hydroxyl groups is 1. The molecule has 2 amide bonds. The highest BCUT2D eigenvalue weighted by Gasteiger charge is 2.12. The van der Waals surface area contributed by atoms with Crippen molar-refractivity contribution in [2.45, 2.75) is 46.3 Å². The number of urea groups is 1. The molecule has 0 heterocycles. The molecule has 1 aromatic rings. The largest absolute Gasteiger partial charge is 0.392 e. The molecule has 0 saturated heterocycles. The standard InChI is InChI=1S/C16H26N2O2/c1-4-12(2)13(3)18-16(20)17-10-9-14-5-7-15(11-19)8-6-14/h5-8,12-13,19H,4,9-11H2,1-3H3,(H2,17,18,20). The van der Waals surface area contributed by atoms with Crippen molar-refractivity contribution in [2.24, 2.45) is 5.92 Å². The van der Waals surface area contributed by atoms with Gasteiger partial charge in [-0.2, -0.15) is 0 Å². The molecule has 0 bridgehead atoms. The fourth-order valence-corrected chi connectivity index (χ4v) is 1.89. The molecule has 112 valence electrons. The monoisotopic (exact) mass is 278 g/mol. The molecule has 4 nitrogen and oxygen atoms in total. The van der Waals surface area contributed by atoms with Crippen LogP contribution in [0.3, 0.4) is 0 Å². The Morgan fingerprint density at radius 3 is 2.35 bits per heavy atom. The van der Waals surface area contributed by atoms with E-state index in [0.29, 0.717) is 12.5 Å². The third-order valence-corrected chi connectivity index (χ3v) is 3.76. The van der Waals surface area contributed by atoms with Crippen LogP contribution < -0.4 is 10.6 Å². The Hall–Kier alpha value is -1.55. The van der Waals surface area contributed by atoms with Crippen LogP contribution in [0.2, 0.25) is 0 Å². The zero-order valence-corrected chi connectivity index (χ0v) is 12.6. The van der Waals surface area contributed by atoms with Crippen LogP contribution in [0, 0.1) is 5.92 Å². The molecule has 0 aromatic heterocycles. The van der Waals surface area contributed by atoms with E-state index in [4.69, 9.17) is 5.11 Å². The normalized spacial score (nSPS) is 13.6. The third kappa shape index (κ3) is 5.61. The van der Waals surface area contributed by atoms with Gasteiger partial charge >= 0.3 is 6.03 Å². The van der Waals surface area contributed by atoms with Crippen LogP contribution in [0.1, 0.15) is 38.3 Å². The van der Waals surface area contributed by atoms with Gasteiger partial charge < -0.3 is 15.7 Å². The van der Waals surface area contributed by atoms with Gasteiger partial charge in [-0.3, -0.25) is 0 Å². The predicted octanol–water partition coefficient (Wildman–Crippen LogP) is 2.46. The van der Waals surface area contributed by atoms with Crippen LogP contribution in [0.4, 0.5) is 4.79 Å². The molecule has 2 unspecified atom stereocenters. The van der Waals surface area contributed by atoms with E-state index < -0.39 is 0 Å². The molecule has 3 N–H and O–H groups in total. The summed E-state index contributed by atoms with van der Waals surface area (Å²) in [6.07, 6.45) is 1.84. The van der Waals surface area contributed by atoms with E-state index >= 15 is 0 Å². The van der Waals surface area contributed by atoms with Crippen LogP contribution in [0.5, 0.6) is 0 Å². The lowest BCUT2D eigenvalue weighted by Crippen LogP contribution is -2.43. The summed E-state index contributed by atoms with van der Waals surface area (Å²) in [5.41, 5.74) is 2.05. The van der Waals surface area contributed by atoms with Gasteiger partial charge in [0.1, 0.15) is 0 Å². The minimum Gasteiger partial charge on any atom is -0.392 e. The van der Waals surface area contributed by atoms with Crippen molar-refractivity contribution < 1.29 is 9.90 Å². The van der Waals surface area contributed by atoms with E-state index in [-0.39, 0.29) is 18.7 Å². The molecule has 0 saturated carbocycles. The van der Waals surface area contributed by atoms with Gasteiger partial charge in [-0.25, -0.2) is 4.79 Å². The van der Waals surface area contributed by atoms with Crippen molar-refractivity contribution in [1.29, 1.82) is 0 Å². The lowest BCUT2D eigenvalue weighted by atomic mass is 10.0. The summed E-state index contributed by atoms with van der Waals surface area (Å²) < 4.78 is 0. The first-order chi connectivity index (χ1) is 9.56. The predicted molar refractivity (Wildman–Crippen MR) is 81.5 cm³/mol. The van der Waals surface area contributed by atoms with Gasteiger partial charge in [0.15, 0.2) is 0 Å². The number of hydrogen-bond acceptors (Lipinski definition) is 2. The van der Waals surface area contributed by atoms with Crippen molar-refractivity contribution in [1.82, 2.24) is 10.6 Å². The van der Waals surface area contributed by atoms with Gasteiger partial charge in [0, 0.05) is 12.6 Å². The zero-order chi connectivity index (χ0) is 15.0. The Morgan fingerprint density at radius 2 is 1.80 bits per heavy atom. The molecule has 1 aromatic carbocycles. The van der Waals surface area contributed by atoms with Gasteiger partial charge in [0.25, 0.3) is 0 Å². The number of carbonyl (C=O) groups is 1. The summed E-state index contributed by atoms with van der Waals surface area (Å²) in [5, 5.41) is 14.8. The topological polar surface area (TPSA) is 61.4 Å². The summed E-state index contributed by atoms with van der Waals surface area (Å²) in [6, 6.07) is 7.84. The van der Waals surface area contributed by atoms with Crippen LogP contribution in [0.25, 0.3) is 0 Å². The Balaban J connectivity index is 2.27. The van der Waals surface area contributed by atoms with E-state index in [0.717, 1.165) is 24.0 Å². The molecule has 20 heavy (non-hydrogen) atoms. The number of aliphatic hydroxyl groups excluding tert-OH is 1. The summed E-state index contributed by atoms with van der Waals surface area (Å²) in [7, 11) is 0. The number of carbonyl (C=O) groups excluding carboxylic acids is 1. The van der Waals surface area contributed by atoms with Crippen LogP contribution in [-0.4, -0.2) is 23.7 Å². The summed E-state index contributed by atoms with van der Waals surface area (Å²) in [6.45, 7) is 6.96. The fourth-order valence-electron chi connectivity index (χ4n) is 1.89. The van der Waals surface area contributed by atoms with E-state index in [9.17, 15) is 4.79 Å². The van der Waals surface area contributed by atoms with Gasteiger partial charge in [-0.1, -0.05) is 44.5 Å². The van der Waals surface area contributed by atoms with E-state index in [1.807, 2.05) is 31.2 Å². The molecule has 4 heteroatoms. The van der Waals surface area contributed by atoms with E-state index in [1.165, 1.54) is 0 Å². The quantitative estimate of drug-likeness (QED) is 0.717. The maximum Gasteiger partial charge on any atom is 0.315 e. The average Bonchev–Trinajstić information content (AvgIpc) is 2.47. The van der Waals surface area contributed by atoms with Crippen LogP contribution in [0.15, 0.2) is 24.3 Å². The molecule has 0 aliphatic rings. The fraction of sp³-hybridized carbons (Fsp3) is 0.562. The van der Waals surface area contributed by atoms with Crippen molar-refractivity contribution in [3.8, 4) is 0 Å². The van der Waals surface area contributed by atoms with Gasteiger partial charge in [-0.15, -0.1) is 0 Å². The smallest absolute Gasteiger partial charge is 0.315 e. The first-order valence-corrected chi connectivity index (χ1v) is 7.29. The summed E-state index contributed by atoms with van der Waals surface area (Å²) >= 11 is 0. The van der Waals surface area contributed by atoms with Gasteiger partial charge in [0.05, 0.1) is 6.61 Å². The molecule has 0 aliphatic heterocycles. The Morgan fingerprint density at radius 1 is 1.20 bits per heavy atom. The molecule has 0 fully saturated rings. The lowest BCUT2D eigenvalue weighted by molar-refractivity contribution is 0.233. The summed E-state index contributed by atoms with van der Waals surface area (Å²) in [5.74, 6) is 0.478. The first-order valence-electron chi connectivity index (χ1n) is 7.29. The van der Waals surface area contributed by atoms with E-state index in [2.05, 4.69) is 24.5 Å². The molecule has 0 spiro atoms. The van der Waals surface area contributed by atoms with Crippen LogP contribution >= 0.6 is 0 Å². The molecular weight excluding hydrogens is 252 g/mol. The van der Waals surface area contributed by atoms with Crippen molar-refractivity contribution in [3.05, 3.63) is 35.4 Å². The highest BCUT2D eigenvalue weighted by molar-refractivity contribution is 5.74. The third-order valence-electron chi connectivity index (χ3n) is 3.76. The SMILES string of the molecule is CCC(C)C(C)NC(=O)NCCc1ccc(CO)cc1. The second kappa shape index (κ2) is 8.59. The Kier molecular flexibility index (Phi) is 7.09. The second-order valence-corrected chi connectivity index (χ2v) is 5.30. The molecule has 1 rings (SSSR count). The maximum atomic E-state index is 11.7. The number of rotatable bonds is 7. The zero-order valence-electron chi connectivity index (χ0n) is 12.6. The van der Waals surface area contributed by atoms with Gasteiger partial charge in [-0.05, 0) is 30.4 Å². The molecule has 0 aliphatic carbocycles. The minimum atomic E-state index is -0.107. The maximum absolute atomic E-state index is 11.7. The number of hydrogen-bond donors (Lipinski definition) is 3. The molecule has 0 radical (unpaired) electrons. The number of benzene rings is 1. The Labute approximate surface area is 121 Å². The average molecular weight is 278 g/mol. The van der Waals surface area contributed by atoms with E-state index in [1.54, 1.807) is 0 Å². The highest BCUT2D eigenvalue weighted by Crippen LogP contribution is 2.06. The first kappa shape index (κ1) is 16.5. The number of nitrogens with one attached hydrogen (secondary N) is 2. The minimum absolute atomic E-state index is 0.0639. The second-order valence-electron chi connectivity index (χ2n) is 5.30. The van der Waals surface area contributed by atoms with Crippen molar-refractivity contribution in [2.75, 3.05) is 6.54 Å². The van der Waals surface area contributed by atoms with Gasteiger partial charge in [0.2, 0.25) is 0 Å². The molecular formula is C16H26N2O2.